The van der Waals surface area contributed by atoms with Crippen LogP contribution in [0.2, 0.25) is 5.02 Å². The molecule has 8 nitrogen and oxygen atoms in total. The van der Waals surface area contributed by atoms with Crippen molar-refractivity contribution < 1.29 is 22.0 Å². The molecule has 0 radical (unpaired) electrons. The molecule has 1 aromatic carbocycles. The van der Waals surface area contributed by atoms with Gasteiger partial charge in [-0.2, -0.15) is 17.4 Å². The van der Waals surface area contributed by atoms with Crippen LogP contribution in [0.1, 0.15) is 17.3 Å². The Kier molecular flexibility index (Phi) is 6.66. The average Bonchev–Trinajstić information content (AvgIpc) is 3.28. The van der Waals surface area contributed by atoms with E-state index in [-0.39, 0.29) is 22.9 Å². The molecule has 2 N–H and O–H groups in total. The van der Waals surface area contributed by atoms with Crippen LogP contribution in [0.25, 0.3) is 15.3 Å². The first-order chi connectivity index (χ1) is 16.1. The summed E-state index contributed by atoms with van der Waals surface area (Å²) in [4.78, 5) is 20.9. The maximum absolute atomic E-state index is 14.0. The van der Waals surface area contributed by atoms with Crippen molar-refractivity contribution in [2.24, 2.45) is 0 Å². The van der Waals surface area contributed by atoms with Crippen molar-refractivity contribution >= 4 is 50.6 Å². The number of benzene rings is 1. The summed E-state index contributed by atoms with van der Waals surface area (Å²) in [6, 6.07) is 6.46. The van der Waals surface area contributed by atoms with E-state index in [0.717, 1.165) is 10.4 Å². The minimum Gasteiger partial charge on any atom is -0.358 e. The number of nitrogens with one attached hydrogen (secondary N) is 2. The number of likely N-dealkylation sites (N-methyl/N-ethyl adjacent to an activating group) is 1. The van der Waals surface area contributed by atoms with Gasteiger partial charge in [0.05, 0.1) is 11.1 Å². The van der Waals surface area contributed by atoms with Gasteiger partial charge in [0.2, 0.25) is 5.91 Å². The molecule has 3 heterocycles. The third-order valence-corrected chi connectivity index (χ3v) is 8.37. The summed E-state index contributed by atoms with van der Waals surface area (Å²) >= 11 is 6.97. The van der Waals surface area contributed by atoms with E-state index in [4.69, 9.17) is 18.2 Å². The van der Waals surface area contributed by atoms with Crippen molar-refractivity contribution in [1.82, 2.24) is 14.0 Å². The summed E-state index contributed by atoms with van der Waals surface area (Å²) < 4.78 is 56.3. The molecule has 4 rings (SSSR count). The number of aromatic nitrogens is 1. The maximum atomic E-state index is 14.0. The number of hydrogen-bond acceptors (Lipinski definition) is 5. The summed E-state index contributed by atoms with van der Waals surface area (Å²) in [6.07, 6.45) is 1.48. The lowest BCUT2D eigenvalue weighted by Gasteiger charge is -2.35. The van der Waals surface area contributed by atoms with Crippen LogP contribution in [-0.4, -0.2) is 36.7 Å². The van der Waals surface area contributed by atoms with Crippen molar-refractivity contribution in [3.8, 4) is 10.4 Å². The number of halogens is 3. The smallest absolute Gasteiger partial charge is 0.305 e. The Hall–Kier alpha value is -2.95. The van der Waals surface area contributed by atoms with Crippen LogP contribution >= 0.6 is 22.9 Å². The number of anilines is 1. The number of rotatable bonds is 4. The fourth-order valence-electron chi connectivity index (χ4n) is 3.44. The molecule has 0 spiro atoms. The van der Waals surface area contributed by atoms with E-state index in [0.29, 0.717) is 15.3 Å². The SMILES string of the molecule is [C-]#[N+]c1ncc(-c2ccc([C@@H]3C[C@H](C(=O)Nc4ccc(F)c(Cl)c4)N(C)S(=O)(=O)N3)s2)cc1F. The minimum atomic E-state index is -3.99. The van der Waals surface area contributed by atoms with Gasteiger partial charge in [-0.1, -0.05) is 18.2 Å². The first-order valence-corrected chi connectivity index (χ1v) is 12.4. The number of carbonyl (C=O) groups excluding carboxylic acids is 1. The Bertz CT molecular complexity index is 1420. The van der Waals surface area contributed by atoms with Gasteiger partial charge in [-0.05, 0) is 42.8 Å². The highest BCUT2D eigenvalue weighted by molar-refractivity contribution is 7.87. The molecule has 1 aliphatic heterocycles. The second kappa shape index (κ2) is 9.36. The molecule has 34 heavy (non-hydrogen) atoms. The molecular weight excluding hydrogens is 508 g/mol. The number of thiophene rings is 1. The molecule has 0 bridgehead atoms. The molecule has 2 aromatic heterocycles. The van der Waals surface area contributed by atoms with Gasteiger partial charge in [-0.3, -0.25) is 4.79 Å². The zero-order valence-corrected chi connectivity index (χ0v) is 19.8. The van der Waals surface area contributed by atoms with Gasteiger partial charge in [-0.25, -0.2) is 8.78 Å². The standard InChI is InChI=1S/C21H16ClF2N5O3S2/c1-25-20-15(24)7-11(10-26-20)18-5-6-19(33-18)16-9-17(29(2)34(31,32)28-16)21(30)27-12-3-4-14(23)13(22)8-12/h3-8,10,16-17,28H,9H2,2H3,(H,27,30)/t16-,17+/m0/s1. The molecule has 3 aromatic rings. The van der Waals surface area contributed by atoms with Crippen LogP contribution in [0, 0.1) is 18.2 Å². The highest BCUT2D eigenvalue weighted by atomic mass is 35.5. The Morgan fingerprint density at radius 3 is 2.74 bits per heavy atom. The summed E-state index contributed by atoms with van der Waals surface area (Å²) in [7, 11) is -2.71. The summed E-state index contributed by atoms with van der Waals surface area (Å²) in [6.45, 7) is 6.90. The highest BCUT2D eigenvalue weighted by Gasteiger charge is 2.41. The number of pyridine rings is 1. The zero-order valence-electron chi connectivity index (χ0n) is 17.4. The minimum absolute atomic E-state index is 0.111. The fourth-order valence-corrected chi connectivity index (χ4v) is 6.01. The quantitative estimate of drug-likeness (QED) is 0.492. The van der Waals surface area contributed by atoms with Crippen molar-refractivity contribution in [3.05, 3.63) is 75.5 Å². The van der Waals surface area contributed by atoms with Gasteiger partial charge < -0.3 is 10.2 Å². The monoisotopic (exact) mass is 523 g/mol. The molecule has 0 saturated carbocycles. The number of amides is 1. The predicted octanol–water partition coefficient (Wildman–Crippen LogP) is 4.51. The van der Waals surface area contributed by atoms with Gasteiger partial charge in [0.1, 0.15) is 18.1 Å². The van der Waals surface area contributed by atoms with E-state index < -0.39 is 39.8 Å². The zero-order chi connectivity index (χ0) is 24.6. The molecule has 1 fully saturated rings. The van der Waals surface area contributed by atoms with Gasteiger partial charge in [0.25, 0.3) is 10.2 Å². The van der Waals surface area contributed by atoms with Crippen LogP contribution < -0.4 is 10.0 Å². The van der Waals surface area contributed by atoms with Crippen molar-refractivity contribution in [2.75, 3.05) is 12.4 Å². The first kappa shape index (κ1) is 24.2. The van der Waals surface area contributed by atoms with Crippen LogP contribution in [-0.2, 0) is 15.0 Å². The normalized spacial score (nSPS) is 20.0. The second-order valence-electron chi connectivity index (χ2n) is 7.40. The van der Waals surface area contributed by atoms with Crippen LogP contribution in [0.5, 0.6) is 0 Å². The van der Waals surface area contributed by atoms with Gasteiger partial charge in [0.15, 0.2) is 5.82 Å². The number of hydrogen-bond donors (Lipinski definition) is 2. The van der Waals surface area contributed by atoms with Gasteiger partial charge in [0, 0.05) is 28.1 Å². The number of carbonyl (C=O) groups is 1. The van der Waals surface area contributed by atoms with Gasteiger partial charge in [-0.15, -0.1) is 16.3 Å². The Morgan fingerprint density at radius 1 is 1.29 bits per heavy atom. The van der Waals surface area contributed by atoms with E-state index in [2.05, 4.69) is 19.9 Å². The van der Waals surface area contributed by atoms with E-state index in [9.17, 15) is 22.0 Å². The molecule has 13 heteroatoms. The van der Waals surface area contributed by atoms with Crippen LogP contribution in [0.3, 0.4) is 0 Å². The fraction of sp³-hybridized carbons (Fsp3) is 0.190. The summed E-state index contributed by atoms with van der Waals surface area (Å²) in [5.41, 5.74) is 0.674. The lowest BCUT2D eigenvalue weighted by atomic mass is 10.1. The average molecular weight is 524 g/mol. The molecule has 0 unspecified atom stereocenters. The second-order valence-corrected chi connectivity index (χ2v) is 10.7. The lowest BCUT2D eigenvalue weighted by molar-refractivity contribution is -0.120. The third kappa shape index (κ3) is 4.79. The predicted molar refractivity (Wildman–Crippen MR) is 125 cm³/mol. The molecule has 176 valence electrons. The van der Waals surface area contributed by atoms with E-state index in [1.54, 1.807) is 12.1 Å². The maximum Gasteiger partial charge on any atom is 0.305 e. The van der Waals surface area contributed by atoms with Crippen molar-refractivity contribution in [3.63, 3.8) is 0 Å². The lowest BCUT2D eigenvalue weighted by Crippen LogP contribution is -2.55. The molecule has 1 aliphatic rings. The Labute approximate surface area is 203 Å². The number of nitrogens with zero attached hydrogens (tertiary/aromatic N) is 3. The Balaban J connectivity index is 1.58. The highest BCUT2D eigenvalue weighted by Crippen LogP contribution is 2.37. The molecule has 1 saturated heterocycles. The topological polar surface area (TPSA) is 95.8 Å². The van der Waals surface area contributed by atoms with E-state index in [1.807, 2.05) is 0 Å². The largest absolute Gasteiger partial charge is 0.358 e. The molecular formula is C21H16ClF2N5O3S2. The Morgan fingerprint density at radius 2 is 2.06 bits per heavy atom. The van der Waals surface area contributed by atoms with Crippen molar-refractivity contribution in [1.29, 1.82) is 0 Å². The van der Waals surface area contributed by atoms with Gasteiger partial charge >= 0.3 is 5.82 Å². The molecule has 2 atom stereocenters. The third-order valence-electron chi connectivity index (χ3n) is 5.24. The van der Waals surface area contributed by atoms with E-state index in [1.165, 1.54) is 42.8 Å². The summed E-state index contributed by atoms with van der Waals surface area (Å²) in [5.74, 6) is -2.33. The summed E-state index contributed by atoms with van der Waals surface area (Å²) in [5, 5.41) is 2.40. The van der Waals surface area contributed by atoms with E-state index >= 15 is 0 Å². The van der Waals surface area contributed by atoms with Crippen LogP contribution in [0.15, 0.2) is 42.6 Å². The molecule has 0 aliphatic carbocycles. The van der Waals surface area contributed by atoms with Crippen LogP contribution in [0.4, 0.5) is 20.3 Å². The first-order valence-electron chi connectivity index (χ1n) is 9.73. The van der Waals surface area contributed by atoms with Crippen molar-refractivity contribution in [2.45, 2.75) is 18.5 Å². The molecule has 1 amide bonds.